The first-order valence-electron chi connectivity index (χ1n) is 15.7. The molecule has 1 atom stereocenters. The highest BCUT2D eigenvalue weighted by Gasteiger charge is 2.39. The predicted octanol–water partition coefficient (Wildman–Crippen LogP) is 8.70. The molecule has 0 bridgehead atoms. The monoisotopic (exact) mass is 579 g/mol. The molecule has 2 heterocycles. The molecule has 3 nitrogen and oxygen atoms in total. The van der Waals surface area contributed by atoms with E-state index in [1.54, 1.807) is 17.2 Å². The molecular weight excluding hydrogens is 524 g/mol. The number of fused-ring (bicyclic) bond motifs is 2. The van der Waals surface area contributed by atoms with Gasteiger partial charge in [-0.15, -0.1) is 0 Å². The molecule has 1 spiro atoms. The molecule has 232 valence electrons. The molecule has 0 aromatic heterocycles. The van der Waals surface area contributed by atoms with Crippen LogP contribution < -0.4 is 5.32 Å². The van der Waals surface area contributed by atoms with E-state index < -0.39 is 11.6 Å². The van der Waals surface area contributed by atoms with Crippen molar-refractivity contribution >= 4 is 5.57 Å². The molecule has 3 aliphatic rings. The highest BCUT2D eigenvalue weighted by molar-refractivity contribution is 5.63. The summed E-state index contributed by atoms with van der Waals surface area (Å²) in [4.78, 5) is 4.49. The fourth-order valence-electron chi connectivity index (χ4n) is 6.41. The molecule has 0 saturated carbocycles. The van der Waals surface area contributed by atoms with E-state index in [4.69, 9.17) is 0 Å². The van der Waals surface area contributed by atoms with Crippen LogP contribution in [0.4, 0.5) is 8.78 Å². The minimum absolute atomic E-state index is 0.116. The van der Waals surface area contributed by atoms with Gasteiger partial charge in [0, 0.05) is 42.9 Å². The van der Waals surface area contributed by atoms with Crippen LogP contribution in [0.2, 0.25) is 0 Å². The lowest BCUT2D eigenvalue weighted by atomic mass is 9.74. The maximum Gasteiger partial charge on any atom is 0.129 e. The largest absolute Gasteiger partial charge is 0.376 e. The molecule has 5 heteroatoms. The number of piperidine rings is 1. The summed E-state index contributed by atoms with van der Waals surface area (Å²) in [6.07, 6.45) is 6.18. The van der Waals surface area contributed by atoms with Crippen molar-refractivity contribution in [3.63, 3.8) is 0 Å². The summed E-state index contributed by atoms with van der Waals surface area (Å²) >= 11 is 0. The van der Waals surface area contributed by atoms with Crippen molar-refractivity contribution in [3.05, 3.63) is 89.1 Å². The third-order valence-corrected chi connectivity index (χ3v) is 9.52. The molecule has 2 aromatic carbocycles. The van der Waals surface area contributed by atoms with E-state index in [0.717, 1.165) is 31.3 Å². The van der Waals surface area contributed by atoms with Gasteiger partial charge in [0.15, 0.2) is 0 Å². The zero-order valence-corrected chi connectivity index (χ0v) is 27.5. The summed E-state index contributed by atoms with van der Waals surface area (Å²) in [5.41, 5.74) is 8.09. The Balaban J connectivity index is 0.000000185. The van der Waals surface area contributed by atoms with Crippen LogP contribution in [0.3, 0.4) is 0 Å². The first-order chi connectivity index (χ1) is 19.6. The van der Waals surface area contributed by atoms with Gasteiger partial charge in [-0.05, 0) is 134 Å². The first kappa shape index (κ1) is 34.0. The van der Waals surface area contributed by atoms with Crippen molar-refractivity contribution in [2.24, 2.45) is 0 Å². The van der Waals surface area contributed by atoms with Gasteiger partial charge in [0.05, 0.1) is 0 Å². The third-order valence-electron chi connectivity index (χ3n) is 9.52. The number of allylic oxidation sites excluding steroid dienone is 2. The van der Waals surface area contributed by atoms with Crippen LogP contribution >= 0.6 is 0 Å². The Labute approximate surface area is 255 Å². The normalized spacial score (nSPS) is 19.5. The molecule has 0 radical (unpaired) electrons. The van der Waals surface area contributed by atoms with Crippen LogP contribution in [0.25, 0.3) is 5.57 Å². The SMILES string of the molecule is C=C(C)N(C)C(C)C.C=C(C)c1ccc2c(c1)CCC21CCNCC1.CC(C)(C)N1CCC(c2ccc(F)cc2F)C1. The zero-order valence-electron chi connectivity index (χ0n) is 27.5. The van der Waals surface area contributed by atoms with Crippen molar-refractivity contribution in [1.29, 1.82) is 0 Å². The van der Waals surface area contributed by atoms with Crippen LogP contribution in [-0.2, 0) is 11.8 Å². The quantitative estimate of drug-likeness (QED) is 0.391. The third kappa shape index (κ3) is 8.54. The Kier molecular flexibility index (Phi) is 11.6. The summed E-state index contributed by atoms with van der Waals surface area (Å²) in [5.74, 6) is -0.725. The zero-order chi connectivity index (χ0) is 31.2. The second-order valence-electron chi connectivity index (χ2n) is 13.9. The lowest BCUT2D eigenvalue weighted by Gasteiger charge is -2.35. The number of rotatable bonds is 4. The van der Waals surface area contributed by atoms with Gasteiger partial charge >= 0.3 is 0 Å². The van der Waals surface area contributed by atoms with Crippen LogP contribution in [-0.4, -0.2) is 54.6 Å². The van der Waals surface area contributed by atoms with E-state index in [0.29, 0.717) is 17.0 Å². The van der Waals surface area contributed by atoms with Gasteiger partial charge in [-0.1, -0.05) is 43.0 Å². The van der Waals surface area contributed by atoms with Gasteiger partial charge in [0.1, 0.15) is 11.6 Å². The lowest BCUT2D eigenvalue weighted by molar-refractivity contribution is 0.172. The van der Waals surface area contributed by atoms with E-state index in [2.05, 4.69) is 88.0 Å². The van der Waals surface area contributed by atoms with Gasteiger partial charge in [0.2, 0.25) is 0 Å². The van der Waals surface area contributed by atoms with Gasteiger partial charge < -0.3 is 10.2 Å². The van der Waals surface area contributed by atoms with Crippen molar-refractivity contribution in [1.82, 2.24) is 15.1 Å². The Morgan fingerprint density at radius 3 is 2.19 bits per heavy atom. The molecule has 2 fully saturated rings. The van der Waals surface area contributed by atoms with Crippen LogP contribution in [0.1, 0.15) is 102 Å². The summed E-state index contributed by atoms with van der Waals surface area (Å²) in [7, 11) is 2.05. The number of nitrogens with one attached hydrogen (secondary N) is 1. The number of hydrogen-bond donors (Lipinski definition) is 1. The lowest BCUT2D eigenvalue weighted by Crippen LogP contribution is -2.39. The topological polar surface area (TPSA) is 18.5 Å². The smallest absolute Gasteiger partial charge is 0.129 e. The highest BCUT2D eigenvalue weighted by atomic mass is 19.1. The Bertz CT molecular complexity index is 1220. The molecule has 1 aliphatic carbocycles. The Hall–Kier alpha value is -2.50. The van der Waals surface area contributed by atoms with Crippen LogP contribution in [0.15, 0.2) is 55.3 Å². The number of aryl methyl sites for hydroxylation is 1. The van der Waals surface area contributed by atoms with E-state index in [9.17, 15) is 8.78 Å². The summed E-state index contributed by atoms with van der Waals surface area (Å²) in [5, 5.41) is 3.48. The molecule has 2 saturated heterocycles. The minimum Gasteiger partial charge on any atom is -0.376 e. The molecule has 2 aliphatic heterocycles. The maximum atomic E-state index is 13.7. The van der Waals surface area contributed by atoms with E-state index >= 15 is 0 Å². The van der Waals surface area contributed by atoms with Gasteiger partial charge in [-0.2, -0.15) is 0 Å². The maximum absolute atomic E-state index is 13.7. The summed E-state index contributed by atoms with van der Waals surface area (Å²) < 4.78 is 26.5. The average Bonchev–Trinajstić information content (AvgIpc) is 3.55. The molecule has 1 N–H and O–H groups in total. The molecule has 42 heavy (non-hydrogen) atoms. The average molecular weight is 580 g/mol. The van der Waals surface area contributed by atoms with E-state index in [1.165, 1.54) is 56.0 Å². The molecule has 2 aromatic rings. The molecule has 5 rings (SSSR count). The van der Waals surface area contributed by atoms with Crippen molar-refractivity contribution < 1.29 is 8.78 Å². The minimum atomic E-state index is -0.503. The predicted molar refractivity (Wildman–Crippen MR) is 176 cm³/mol. The number of nitrogens with zero attached hydrogens (tertiary/aromatic N) is 2. The summed E-state index contributed by atoms with van der Waals surface area (Å²) in [6.45, 7) is 26.9. The van der Waals surface area contributed by atoms with Crippen LogP contribution in [0, 0.1) is 11.6 Å². The fraction of sp³-hybridized carbons (Fsp3) is 0.568. The standard InChI is InChI=1S/C16H21N.C14H19F2N.C7H15N/c1-12(2)13-3-4-15-14(11-13)5-6-16(15)7-9-17-10-8-16;1-14(2,3)17-7-6-10(9-17)12-5-4-11(15)8-13(12)16;1-6(2)8(5)7(3)4/h3-4,11,17H,1,5-10H2,2H3;4-5,8,10H,6-7,9H2,1-3H3;7H,1H2,2-5H3. The van der Waals surface area contributed by atoms with Gasteiger partial charge in [0.25, 0.3) is 0 Å². The van der Waals surface area contributed by atoms with Crippen molar-refractivity contribution in [3.8, 4) is 0 Å². The number of hydrogen-bond acceptors (Lipinski definition) is 3. The van der Waals surface area contributed by atoms with E-state index in [-0.39, 0.29) is 11.5 Å². The van der Waals surface area contributed by atoms with Crippen molar-refractivity contribution in [2.45, 2.75) is 103 Å². The fourth-order valence-corrected chi connectivity index (χ4v) is 6.41. The Morgan fingerprint density at radius 1 is 1.02 bits per heavy atom. The van der Waals surface area contributed by atoms with Gasteiger partial charge in [-0.25, -0.2) is 8.78 Å². The first-order valence-corrected chi connectivity index (χ1v) is 15.7. The molecular formula is C37H55F2N3. The van der Waals surface area contributed by atoms with E-state index in [1.807, 2.05) is 14.0 Å². The van der Waals surface area contributed by atoms with Gasteiger partial charge in [-0.3, -0.25) is 4.90 Å². The number of halogens is 2. The Morgan fingerprint density at radius 2 is 1.69 bits per heavy atom. The highest BCUT2D eigenvalue weighted by Crippen LogP contribution is 2.45. The second kappa shape index (κ2) is 14.3. The number of benzene rings is 2. The van der Waals surface area contributed by atoms with Crippen molar-refractivity contribution in [2.75, 3.05) is 33.2 Å². The number of likely N-dealkylation sites (tertiary alicyclic amines) is 1. The second-order valence-corrected chi connectivity index (χ2v) is 13.9. The molecule has 1 unspecified atom stereocenters. The molecule has 0 amide bonds. The van der Waals surface area contributed by atoms with Crippen LogP contribution in [0.5, 0.6) is 0 Å². The summed E-state index contributed by atoms with van der Waals surface area (Å²) in [6, 6.07) is 11.5.